The molecule has 2 aliphatic rings. The van der Waals surface area contributed by atoms with Gasteiger partial charge in [-0.05, 0) is 62.2 Å². The summed E-state index contributed by atoms with van der Waals surface area (Å²) < 4.78 is 35.6. The van der Waals surface area contributed by atoms with E-state index in [1.165, 1.54) is 29.2 Å². The van der Waals surface area contributed by atoms with Crippen LogP contribution in [0.4, 0.5) is 10.1 Å². The summed E-state index contributed by atoms with van der Waals surface area (Å²) in [5, 5.41) is 0. The second-order valence-electron chi connectivity index (χ2n) is 9.68. The molecule has 0 atom stereocenters. The first-order valence-electron chi connectivity index (χ1n) is 13.4. The normalized spacial score (nSPS) is 15.2. The van der Waals surface area contributed by atoms with Crippen LogP contribution in [0.2, 0.25) is 0 Å². The number of ether oxygens (including phenoxy) is 3. The summed E-state index contributed by atoms with van der Waals surface area (Å²) in [5.41, 5.74) is 0.619. The molecule has 2 amide bonds. The summed E-state index contributed by atoms with van der Waals surface area (Å²) in [5.74, 6) is -1.22. The van der Waals surface area contributed by atoms with E-state index in [-0.39, 0.29) is 53.9 Å². The van der Waals surface area contributed by atoms with Crippen molar-refractivity contribution in [3.05, 3.63) is 77.5 Å². The van der Waals surface area contributed by atoms with Crippen molar-refractivity contribution in [3.8, 4) is 11.5 Å². The lowest BCUT2D eigenvalue weighted by Crippen LogP contribution is -2.40. The van der Waals surface area contributed by atoms with Crippen LogP contribution in [0.1, 0.15) is 46.4 Å². The van der Waals surface area contributed by atoms with E-state index in [1.54, 1.807) is 42.2 Å². The molecular weight excluding hydrogens is 535 g/mol. The van der Waals surface area contributed by atoms with Gasteiger partial charge in [0, 0.05) is 18.7 Å². The minimum absolute atomic E-state index is 0.0107. The van der Waals surface area contributed by atoms with Gasteiger partial charge in [0.25, 0.3) is 11.8 Å². The fraction of sp³-hybridized carbons (Fsp3) is 0.333. The van der Waals surface area contributed by atoms with Gasteiger partial charge in [0.2, 0.25) is 0 Å². The van der Waals surface area contributed by atoms with Gasteiger partial charge < -0.3 is 23.5 Å². The van der Waals surface area contributed by atoms with E-state index in [0.717, 1.165) is 0 Å². The van der Waals surface area contributed by atoms with Crippen LogP contribution in [0.15, 0.2) is 59.0 Å². The number of carbonyl (C=O) groups is 4. The number of likely N-dealkylation sites (tertiary alicyclic amines) is 1. The molecule has 214 valence electrons. The first-order valence-corrected chi connectivity index (χ1v) is 13.4. The monoisotopic (exact) mass is 564 g/mol. The first-order chi connectivity index (χ1) is 19.8. The van der Waals surface area contributed by atoms with Crippen molar-refractivity contribution in [2.45, 2.75) is 26.3 Å². The maximum absolute atomic E-state index is 13.9. The van der Waals surface area contributed by atoms with Crippen molar-refractivity contribution >= 4 is 29.3 Å². The number of halogens is 1. The molecule has 0 saturated carbocycles. The molecule has 11 heteroatoms. The summed E-state index contributed by atoms with van der Waals surface area (Å²) in [6.07, 6.45) is 1.03. The Morgan fingerprint density at radius 3 is 2.59 bits per heavy atom. The zero-order valence-electron chi connectivity index (χ0n) is 22.5. The quantitative estimate of drug-likeness (QED) is 0.283. The van der Waals surface area contributed by atoms with E-state index in [2.05, 4.69) is 0 Å². The fourth-order valence-corrected chi connectivity index (χ4v) is 4.81. The maximum atomic E-state index is 13.9. The van der Waals surface area contributed by atoms with Crippen LogP contribution in [0.3, 0.4) is 0 Å². The van der Waals surface area contributed by atoms with Crippen molar-refractivity contribution in [1.29, 1.82) is 0 Å². The predicted molar refractivity (Wildman–Crippen MR) is 143 cm³/mol. The Balaban J connectivity index is 1.25. The number of esters is 1. The number of piperidine rings is 1. The third kappa shape index (κ3) is 6.24. The Morgan fingerprint density at radius 2 is 1.83 bits per heavy atom. The third-order valence-electron chi connectivity index (χ3n) is 7.01. The summed E-state index contributed by atoms with van der Waals surface area (Å²) in [6.45, 7) is 2.32. The molecule has 1 saturated heterocycles. The number of para-hydroxylation sites is 1. The van der Waals surface area contributed by atoms with E-state index in [4.69, 9.17) is 18.6 Å². The number of Topliss-reactive ketones (excluding diaryl/α,β-unsaturated/α-hetero) is 1. The average molecular weight is 565 g/mol. The Kier molecular flexibility index (Phi) is 8.32. The molecule has 0 spiro atoms. The van der Waals surface area contributed by atoms with Gasteiger partial charge in [-0.2, -0.15) is 0 Å². The smallest absolute Gasteiger partial charge is 0.309 e. The number of hydrogen-bond acceptors (Lipinski definition) is 8. The Hall–Kier alpha value is -4.67. The lowest BCUT2D eigenvalue weighted by molar-refractivity contribution is -0.149. The highest BCUT2D eigenvalue weighted by Gasteiger charge is 2.31. The standard InChI is InChI=1S/C30H29FN2O8/c1-2-38-30(37)19-11-13-32(14-12-19)29(36)27-10-8-21(41-27)16-33-23-15-20(7-9-26(23)40-18-28(33)35)24(34)17-39-25-6-4-3-5-22(25)31/h3-10,15,19H,2,11-14,16-18H2,1H3. The minimum Gasteiger partial charge on any atom is -0.482 e. The zero-order valence-corrected chi connectivity index (χ0v) is 22.5. The highest BCUT2D eigenvalue weighted by Crippen LogP contribution is 2.34. The van der Waals surface area contributed by atoms with Gasteiger partial charge >= 0.3 is 5.97 Å². The number of ketones is 1. The number of benzene rings is 2. The van der Waals surface area contributed by atoms with Crippen LogP contribution in [0.5, 0.6) is 11.5 Å². The molecule has 3 heterocycles. The molecule has 41 heavy (non-hydrogen) atoms. The molecule has 0 radical (unpaired) electrons. The van der Waals surface area contributed by atoms with Crippen molar-refractivity contribution in [1.82, 2.24) is 4.90 Å². The van der Waals surface area contributed by atoms with Crippen LogP contribution in [0.25, 0.3) is 0 Å². The van der Waals surface area contributed by atoms with Gasteiger partial charge in [-0.15, -0.1) is 0 Å². The van der Waals surface area contributed by atoms with E-state index in [1.807, 2.05) is 0 Å². The molecule has 0 N–H and O–H groups in total. The molecule has 0 unspecified atom stereocenters. The van der Waals surface area contributed by atoms with Gasteiger partial charge in [0.1, 0.15) is 11.5 Å². The first kappa shape index (κ1) is 27.9. The Morgan fingerprint density at radius 1 is 1.05 bits per heavy atom. The lowest BCUT2D eigenvalue weighted by Gasteiger charge is -2.30. The summed E-state index contributed by atoms with van der Waals surface area (Å²) >= 11 is 0. The molecule has 5 rings (SSSR count). The molecule has 0 aliphatic carbocycles. The number of amides is 2. The van der Waals surface area contributed by atoms with Gasteiger partial charge in [-0.3, -0.25) is 24.1 Å². The van der Waals surface area contributed by atoms with E-state index >= 15 is 0 Å². The molecule has 10 nitrogen and oxygen atoms in total. The highest BCUT2D eigenvalue weighted by atomic mass is 19.1. The van der Waals surface area contributed by atoms with Gasteiger partial charge in [0.05, 0.1) is 24.8 Å². The molecule has 3 aromatic rings. The number of hydrogen-bond donors (Lipinski definition) is 0. The molecule has 1 fully saturated rings. The van der Waals surface area contributed by atoms with Crippen LogP contribution in [-0.4, -0.2) is 61.4 Å². The number of fused-ring (bicyclic) bond motifs is 1. The van der Waals surface area contributed by atoms with Crippen LogP contribution in [0, 0.1) is 11.7 Å². The molecule has 1 aromatic heterocycles. The number of furan rings is 1. The second-order valence-corrected chi connectivity index (χ2v) is 9.68. The van der Waals surface area contributed by atoms with E-state index in [9.17, 15) is 23.6 Å². The third-order valence-corrected chi connectivity index (χ3v) is 7.01. The largest absolute Gasteiger partial charge is 0.482 e. The van der Waals surface area contributed by atoms with Crippen molar-refractivity contribution in [2.75, 3.05) is 37.8 Å². The summed E-state index contributed by atoms with van der Waals surface area (Å²) in [7, 11) is 0. The average Bonchev–Trinajstić information content (AvgIpc) is 3.46. The number of nitrogens with zero attached hydrogens (tertiary/aromatic N) is 2. The maximum Gasteiger partial charge on any atom is 0.309 e. The van der Waals surface area contributed by atoms with Crippen molar-refractivity contribution < 1.29 is 42.2 Å². The van der Waals surface area contributed by atoms with Crippen LogP contribution in [-0.2, 0) is 20.9 Å². The number of anilines is 1. The van der Waals surface area contributed by atoms with Crippen LogP contribution >= 0.6 is 0 Å². The van der Waals surface area contributed by atoms with E-state index in [0.29, 0.717) is 49.7 Å². The van der Waals surface area contributed by atoms with E-state index < -0.39 is 18.2 Å². The van der Waals surface area contributed by atoms with Gasteiger partial charge in [-0.1, -0.05) is 12.1 Å². The van der Waals surface area contributed by atoms with Gasteiger partial charge in [0.15, 0.2) is 36.3 Å². The lowest BCUT2D eigenvalue weighted by atomic mass is 9.97. The van der Waals surface area contributed by atoms with Crippen molar-refractivity contribution in [3.63, 3.8) is 0 Å². The second kappa shape index (κ2) is 12.2. The van der Waals surface area contributed by atoms with Crippen LogP contribution < -0.4 is 14.4 Å². The SMILES string of the molecule is CCOC(=O)C1CCN(C(=O)c2ccc(CN3C(=O)COc4ccc(C(=O)COc5ccccc5F)cc43)o2)CC1. The highest BCUT2D eigenvalue weighted by molar-refractivity contribution is 6.02. The van der Waals surface area contributed by atoms with Crippen molar-refractivity contribution in [2.24, 2.45) is 5.92 Å². The molecule has 2 aromatic carbocycles. The topological polar surface area (TPSA) is 116 Å². The molecule has 0 bridgehead atoms. The molecule has 2 aliphatic heterocycles. The Labute approximate surface area is 235 Å². The fourth-order valence-electron chi connectivity index (χ4n) is 4.81. The number of carbonyl (C=O) groups excluding carboxylic acids is 4. The summed E-state index contributed by atoms with van der Waals surface area (Å²) in [6, 6.07) is 13.6. The zero-order chi connectivity index (χ0) is 28.9. The predicted octanol–water partition coefficient (Wildman–Crippen LogP) is 4.02. The molecular formula is C30H29FN2O8. The number of rotatable bonds is 9. The minimum atomic E-state index is -0.576. The van der Waals surface area contributed by atoms with Gasteiger partial charge in [-0.25, -0.2) is 4.39 Å². The Bertz CT molecular complexity index is 1460. The summed E-state index contributed by atoms with van der Waals surface area (Å²) in [4.78, 5) is 53.7.